The molecule has 1 aliphatic carbocycles. The lowest BCUT2D eigenvalue weighted by atomic mass is 9.82. The highest BCUT2D eigenvalue weighted by atomic mass is 31.2. The van der Waals surface area contributed by atoms with Crippen LogP contribution in [0.15, 0.2) is 54.6 Å². The maximum Gasteiger partial charge on any atom is 0.524 e. The summed E-state index contributed by atoms with van der Waals surface area (Å²) in [5.41, 5.74) is 2.35. The standard InChI is InChI=1S/C17H11O5P/c18-17-13-6-2-1-5-11(13)12-7-3-4-10-8-9-14(16(17)15(10)12)22-23(19,20)21/h1-9H,(H2,19,20,21). The van der Waals surface area contributed by atoms with E-state index in [-0.39, 0.29) is 17.1 Å². The number of hydrogen-bond acceptors (Lipinski definition) is 3. The van der Waals surface area contributed by atoms with E-state index >= 15 is 0 Å². The third kappa shape index (κ3) is 2.18. The fraction of sp³-hybridized carbons (Fsp3) is 0. The fourth-order valence-corrected chi connectivity index (χ4v) is 3.47. The Bertz CT molecular complexity index is 1020. The van der Waals surface area contributed by atoms with Gasteiger partial charge in [0, 0.05) is 10.9 Å². The molecule has 0 aromatic heterocycles. The number of fused-ring (bicyclic) bond motifs is 2. The van der Waals surface area contributed by atoms with E-state index in [0.29, 0.717) is 10.9 Å². The van der Waals surface area contributed by atoms with E-state index < -0.39 is 7.82 Å². The van der Waals surface area contributed by atoms with Gasteiger partial charge in [-0.25, -0.2) is 4.57 Å². The first kappa shape index (κ1) is 14.2. The van der Waals surface area contributed by atoms with Gasteiger partial charge in [-0.3, -0.25) is 14.6 Å². The molecule has 0 unspecified atom stereocenters. The monoisotopic (exact) mass is 326 g/mol. The maximum absolute atomic E-state index is 12.9. The maximum atomic E-state index is 12.9. The first-order valence-electron chi connectivity index (χ1n) is 6.91. The van der Waals surface area contributed by atoms with Gasteiger partial charge in [0.15, 0.2) is 5.78 Å². The number of carbonyl (C=O) groups excluding carboxylic acids is 1. The van der Waals surface area contributed by atoms with Crippen LogP contribution in [-0.4, -0.2) is 15.6 Å². The number of benzene rings is 3. The van der Waals surface area contributed by atoms with Crippen LogP contribution in [0.25, 0.3) is 21.9 Å². The van der Waals surface area contributed by atoms with E-state index in [4.69, 9.17) is 14.3 Å². The molecule has 0 aliphatic heterocycles. The summed E-state index contributed by atoms with van der Waals surface area (Å²) in [7, 11) is -4.76. The van der Waals surface area contributed by atoms with Crippen molar-refractivity contribution in [2.75, 3.05) is 0 Å². The molecule has 3 aromatic carbocycles. The minimum absolute atomic E-state index is 0.0993. The van der Waals surface area contributed by atoms with Crippen molar-refractivity contribution < 1.29 is 23.7 Å². The molecule has 2 N–H and O–H groups in total. The molecule has 0 saturated heterocycles. The fourth-order valence-electron chi connectivity index (χ4n) is 3.06. The highest BCUT2D eigenvalue weighted by Gasteiger charge is 2.30. The summed E-state index contributed by atoms with van der Waals surface area (Å²) in [4.78, 5) is 31.1. The van der Waals surface area contributed by atoms with Gasteiger partial charge in [0.2, 0.25) is 0 Å². The molecule has 4 rings (SSSR count). The molecule has 6 heteroatoms. The number of phosphoric acid groups is 1. The van der Waals surface area contributed by atoms with E-state index in [1.165, 1.54) is 6.07 Å². The van der Waals surface area contributed by atoms with Crippen molar-refractivity contribution in [3.63, 3.8) is 0 Å². The SMILES string of the molecule is O=C1c2ccccc2-c2cccc3ccc(OP(=O)(O)O)c1c23. The number of carbonyl (C=O) groups is 1. The predicted molar refractivity (Wildman–Crippen MR) is 85.5 cm³/mol. The van der Waals surface area contributed by atoms with Gasteiger partial charge in [-0.2, -0.15) is 0 Å². The Labute approximate surface area is 131 Å². The van der Waals surface area contributed by atoms with Crippen LogP contribution in [0.1, 0.15) is 15.9 Å². The normalized spacial score (nSPS) is 13.0. The van der Waals surface area contributed by atoms with Gasteiger partial charge in [0.25, 0.3) is 0 Å². The van der Waals surface area contributed by atoms with E-state index in [1.807, 2.05) is 30.3 Å². The average molecular weight is 326 g/mol. The second-order valence-corrected chi connectivity index (χ2v) is 6.46. The first-order chi connectivity index (χ1) is 11.0. The molecule has 1 aliphatic rings. The van der Waals surface area contributed by atoms with E-state index in [2.05, 4.69) is 0 Å². The molecule has 0 atom stereocenters. The zero-order valence-corrected chi connectivity index (χ0v) is 12.7. The van der Waals surface area contributed by atoms with Crippen LogP contribution in [0.5, 0.6) is 5.75 Å². The van der Waals surface area contributed by atoms with Crippen LogP contribution in [-0.2, 0) is 4.57 Å². The first-order valence-corrected chi connectivity index (χ1v) is 8.44. The average Bonchev–Trinajstić information content (AvgIpc) is 2.52. The van der Waals surface area contributed by atoms with E-state index in [1.54, 1.807) is 18.2 Å². The smallest absolute Gasteiger partial charge is 0.403 e. The molecule has 0 saturated carbocycles. The van der Waals surface area contributed by atoms with Crippen molar-refractivity contribution >= 4 is 24.4 Å². The molecule has 0 heterocycles. The van der Waals surface area contributed by atoms with Gasteiger partial charge < -0.3 is 4.52 Å². The lowest BCUT2D eigenvalue weighted by molar-refractivity contribution is 0.103. The molecule has 114 valence electrons. The van der Waals surface area contributed by atoms with Gasteiger partial charge in [-0.05, 0) is 22.6 Å². The quantitative estimate of drug-likeness (QED) is 0.551. The highest BCUT2D eigenvalue weighted by molar-refractivity contribution is 7.46. The summed E-state index contributed by atoms with van der Waals surface area (Å²) in [6.45, 7) is 0. The van der Waals surface area contributed by atoms with Gasteiger partial charge in [0.05, 0.1) is 5.56 Å². The summed E-state index contributed by atoms with van der Waals surface area (Å²) >= 11 is 0. The Hall–Kier alpha value is -2.46. The van der Waals surface area contributed by atoms with Crippen LogP contribution in [0.4, 0.5) is 0 Å². The van der Waals surface area contributed by atoms with Gasteiger partial charge in [0.1, 0.15) is 5.75 Å². The van der Waals surface area contributed by atoms with Crippen molar-refractivity contribution in [1.82, 2.24) is 0 Å². The second kappa shape index (κ2) is 4.77. The van der Waals surface area contributed by atoms with Crippen LogP contribution < -0.4 is 4.52 Å². The van der Waals surface area contributed by atoms with Gasteiger partial charge in [-0.15, -0.1) is 0 Å². The van der Waals surface area contributed by atoms with Crippen molar-refractivity contribution in [3.8, 4) is 16.9 Å². The van der Waals surface area contributed by atoms with Gasteiger partial charge in [-0.1, -0.05) is 48.5 Å². The lowest BCUT2D eigenvalue weighted by Crippen LogP contribution is -2.11. The molecule has 3 aromatic rings. The Morgan fingerprint density at radius 2 is 1.52 bits per heavy atom. The Kier molecular flexibility index (Phi) is 2.93. The van der Waals surface area contributed by atoms with Crippen LogP contribution in [0, 0.1) is 0 Å². The zero-order valence-electron chi connectivity index (χ0n) is 11.8. The predicted octanol–water partition coefficient (Wildman–Crippen LogP) is 3.52. The summed E-state index contributed by atoms with van der Waals surface area (Å²) in [6, 6.07) is 15.9. The zero-order chi connectivity index (χ0) is 16.2. The molecular formula is C17H11O5P. The number of hydrogen-bond donors (Lipinski definition) is 2. The molecule has 23 heavy (non-hydrogen) atoms. The largest absolute Gasteiger partial charge is 0.524 e. The van der Waals surface area contributed by atoms with Crippen LogP contribution >= 0.6 is 7.82 Å². The Morgan fingerprint density at radius 1 is 0.826 bits per heavy atom. The summed E-state index contributed by atoms with van der Waals surface area (Å²) < 4.78 is 16.0. The summed E-state index contributed by atoms with van der Waals surface area (Å²) in [5, 5.41) is 1.47. The van der Waals surface area contributed by atoms with Crippen molar-refractivity contribution in [1.29, 1.82) is 0 Å². The Balaban J connectivity index is 2.13. The van der Waals surface area contributed by atoms with Gasteiger partial charge >= 0.3 is 7.82 Å². The van der Waals surface area contributed by atoms with Crippen molar-refractivity contribution in [2.24, 2.45) is 0 Å². The minimum Gasteiger partial charge on any atom is -0.403 e. The number of ketones is 1. The molecule has 0 fully saturated rings. The molecule has 0 radical (unpaired) electrons. The molecule has 0 bridgehead atoms. The highest BCUT2D eigenvalue weighted by Crippen LogP contribution is 2.46. The van der Waals surface area contributed by atoms with Crippen molar-refractivity contribution in [2.45, 2.75) is 0 Å². The third-order valence-electron chi connectivity index (χ3n) is 3.91. The van der Waals surface area contributed by atoms with E-state index in [9.17, 15) is 9.36 Å². The molecular weight excluding hydrogens is 315 g/mol. The minimum atomic E-state index is -4.76. The topological polar surface area (TPSA) is 83.8 Å². The van der Waals surface area contributed by atoms with Crippen LogP contribution in [0.3, 0.4) is 0 Å². The number of rotatable bonds is 2. The molecule has 0 amide bonds. The summed E-state index contributed by atoms with van der Waals surface area (Å²) in [5.74, 6) is -0.397. The van der Waals surface area contributed by atoms with Crippen LogP contribution in [0.2, 0.25) is 0 Å². The summed E-state index contributed by atoms with van der Waals surface area (Å²) in [6.07, 6.45) is 0. The van der Waals surface area contributed by atoms with Crippen molar-refractivity contribution in [3.05, 3.63) is 65.7 Å². The Morgan fingerprint density at radius 3 is 2.26 bits per heavy atom. The second-order valence-electron chi connectivity index (χ2n) is 5.30. The number of phosphoric ester groups is 1. The molecule has 5 nitrogen and oxygen atoms in total. The third-order valence-corrected chi connectivity index (χ3v) is 4.35. The molecule has 0 spiro atoms. The lowest BCUT2D eigenvalue weighted by Gasteiger charge is -2.22. The van der Waals surface area contributed by atoms with E-state index in [0.717, 1.165) is 16.5 Å².